The first kappa shape index (κ1) is 33.8. The smallest absolute Gasteiger partial charge is 0.229 e. The van der Waals surface area contributed by atoms with Crippen LogP contribution in [0.5, 0.6) is 0 Å². The van der Waals surface area contributed by atoms with Crippen LogP contribution in [0.1, 0.15) is 39.0 Å². The number of halogens is 1. The number of hydrogen-bond donors (Lipinski definition) is 2. The Labute approximate surface area is 286 Å². The summed E-state index contributed by atoms with van der Waals surface area (Å²) in [6.45, 7) is 10.5. The zero-order valence-corrected chi connectivity index (χ0v) is 30.8. The number of likely N-dealkylation sites (N-methyl/N-ethyl adjacent to an activating group) is 1. The maximum absolute atomic E-state index is 13.5. The molecule has 3 aromatic rings. The van der Waals surface area contributed by atoms with Gasteiger partial charge in [-0.05, 0) is 124 Å². The lowest BCUT2D eigenvalue weighted by Gasteiger charge is -2.46. The molecule has 0 spiro atoms. The molecule has 2 fully saturated rings. The summed E-state index contributed by atoms with van der Waals surface area (Å²) in [6, 6.07) is 4.76. The quantitative estimate of drug-likeness (QED) is 0.259. The van der Waals surface area contributed by atoms with Gasteiger partial charge in [-0.25, -0.2) is 4.98 Å². The number of nitrogens with one attached hydrogen (secondary N) is 2. The van der Waals surface area contributed by atoms with Gasteiger partial charge >= 0.3 is 0 Å². The van der Waals surface area contributed by atoms with Gasteiger partial charge in [0.1, 0.15) is 24.2 Å². The van der Waals surface area contributed by atoms with Crippen molar-refractivity contribution < 1.29 is 9.30 Å². The first-order valence-electron chi connectivity index (χ1n) is 16.6. The molecule has 2 N–H and O–H groups in total. The molecule has 1 unspecified atom stereocenters. The van der Waals surface area contributed by atoms with E-state index in [-0.39, 0.29) is 6.04 Å². The van der Waals surface area contributed by atoms with Crippen LogP contribution in [-0.4, -0.2) is 107 Å². The summed E-state index contributed by atoms with van der Waals surface area (Å²) >= 11 is 3.60. The van der Waals surface area contributed by atoms with Crippen molar-refractivity contribution in [3.8, 4) is 0 Å². The van der Waals surface area contributed by atoms with Crippen molar-refractivity contribution in [1.82, 2.24) is 34.6 Å². The number of rotatable bonds is 9. The van der Waals surface area contributed by atoms with E-state index in [4.69, 9.17) is 9.72 Å². The van der Waals surface area contributed by atoms with Gasteiger partial charge in [0.25, 0.3) is 0 Å². The molecule has 3 aliphatic heterocycles. The molecule has 11 nitrogen and oxygen atoms in total. The van der Waals surface area contributed by atoms with Crippen LogP contribution in [0.3, 0.4) is 0 Å². The Kier molecular flexibility index (Phi) is 10.2. The Balaban J connectivity index is 1.21. The Morgan fingerprint density at radius 3 is 2.40 bits per heavy atom. The molecular weight excluding hydrogens is 677 g/mol. The van der Waals surface area contributed by atoms with Gasteiger partial charge in [0, 0.05) is 31.7 Å². The lowest BCUT2D eigenvalue weighted by atomic mass is 9.81. The topological polar surface area (TPSA) is 112 Å². The monoisotopic (exact) mass is 723 g/mol. The molecule has 47 heavy (non-hydrogen) atoms. The zero-order chi connectivity index (χ0) is 33.3. The fourth-order valence-electron chi connectivity index (χ4n) is 7.56. The molecule has 2 saturated heterocycles. The molecule has 2 aromatic heterocycles. The van der Waals surface area contributed by atoms with Crippen LogP contribution >= 0.6 is 23.1 Å². The summed E-state index contributed by atoms with van der Waals surface area (Å²) < 4.78 is 20.2. The third-order valence-corrected chi connectivity index (χ3v) is 12.0. The normalized spacial score (nSPS) is 20.9. The van der Waals surface area contributed by atoms with Crippen molar-refractivity contribution in [1.29, 1.82) is 0 Å². The maximum Gasteiger partial charge on any atom is 0.229 e. The van der Waals surface area contributed by atoms with E-state index in [1.165, 1.54) is 44.3 Å². The lowest BCUT2D eigenvalue weighted by molar-refractivity contribution is 0.0539. The van der Waals surface area contributed by atoms with Crippen LogP contribution in [0.2, 0.25) is 0 Å². The number of ether oxygens (including phenoxy) is 1. The second-order valence-corrected chi connectivity index (χ2v) is 17.3. The second kappa shape index (κ2) is 14.2. The Morgan fingerprint density at radius 1 is 1.00 bits per heavy atom. The van der Waals surface area contributed by atoms with Gasteiger partial charge in [-0.3, -0.25) is 9.97 Å². The van der Waals surface area contributed by atoms with Gasteiger partial charge in [-0.15, -0.1) is 0 Å². The number of methoxy groups -OCH3 is 1. The van der Waals surface area contributed by atoms with Gasteiger partial charge in [-0.2, -0.15) is 4.98 Å². The third kappa shape index (κ3) is 7.21. The van der Waals surface area contributed by atoms with Crippen molar-refractivity contribution in [2.24, 2.45) is 5.92 Å². The summed E-state index contributed by atoms with van der Waals surface area (Å²) in [7, 11) is 3.37. The highest BCUT2D eigenvalue weighted by Gasteiger charge is 2.37. The number of piperidine rings is 2. The summed E-state index contributed by atoms with van der Waals surface area (Å²) in [5.41, 5.74) is 4.19. The number of hydrogen-bond acceptors (Lipinski definition) is 11. The number of nitrogens with zero attached hydrogens (tertiary/aromatic N) is 7. The molecule has 1 aromatic carbocycles. The van der Waals surface area contributed by atoms with E-state index in [1.54, 1.807) is 39.0 Å². The second-order valence-electron chi connectivity index (χ2n) is 13.3. The van der Waals surface area contributed by atoms with Gasteiger partial charge in [0.15, 0.2) is 0 Å². The molecule has 0 bridgehead atoms. The van der Waals surface area contributed by atoms with Gasteiger partial charge < -0.3 is 34.6 Å². The molecule has 3 aliphatic rings. The Morgan fingerprint density at radius 2 is 1.72 bits per heavy atom. The van der Waals surface area contributed by atoms with Crippen LogP contribution in [-0.2, 0) is 9.30 Å². The third-order valence-electron chi connectivity index (χ3n) is 9.90. The molecule has 6 rings (SSSR count). The summed E-state index contributed by atoms with van der Waals surface area (Å²) in [5, 5.41) is 7.48. The summed E-state index contributed by atoms with van der Waals surface area (Å²) in [6.07, 6.45) is 13.1. The fourth-order valence-corrected chi connectivity index (χ4v) is 9.25. The highest BCUT2D eigenvalue weighted by Crippen LogP contribution is 2.42. The highest BCUT2D eigenvalue weighted by molar-refractivity contribution is 9.10. The van der Waals surface area contributed by atoms with Gasteiger partial charge in [0.05, 0.1) is 34.1 Å². The molecule has 252 valence electrons. The Bertz CT molecular complexity index is 1710. The van der Waals surface area contributed by atoms with Crippen molar-refractivity contribution in [3.05, 3.63) is 58.4 Å². The van der Waals surface area contributed by atoms with Crippen LogP contribution < -0.4 is 15.9 Å². The number of allylic oxidation sites excluding steroid dienone is 1. The lowest BCUT2D eigenvalue weighted by Crippen LogP contribution is -2.50. The molecule has 13 heteroatoms. The van der Waals surface area contributed by atoms with Crippen molar-refractivity contribution >= 4 is 56.9 Å². The Hall–Kier alpha value is -3.05. The average molecular weight is 725 g/mol. The van der Waals surface area contributed by atoms with E-state index < -0.39 is 7.14 Å². The van der Waals surface area contributed by atoms with Gasteiger partial charge in [0.2, 0.25) is 11.8 Å². The van der Waals surface area contributed by atoms with E-state index in [0.29, 0.717) is 44.2 Å². The number of anilines is 3. The van der Waals surface area contributed by atoms with E-state index in [9.17, 15) is 4.57 Å². The van der Waals surface area contributed by atoms with Crippen LogP contribution in [0.15, 0.2) is 58.4 Å². The summed E-state index contributed by atoms with van der Waals surface area (Å²) in [4.78, 5) is 25.8. The maximum atomic E-state index is 13.5. The number of fused-ring (bicyclic) bond motifs is 1. The summed E-state index contributed by atoms with van der Waals surface area (Å²) in [5.74, 6) is 2.30. The van der Waals surface area contributed by atoms with Crippen LogP contribution in [0.4, 0.5) is 17.5 Å². The van der Waals surface area contributed by atoms with Crippen molar-refractivity contribution in [2.75, 3.05) is 71.3 Å². The molecule has 0 aliphatic carbocycles. The predicted molar refractivity (Wildman–Crippen MR) is 194 cm³/mol. The minimum atomic E-state index is -2.74. The van der Waals surface area contributed by atoms with Gasteiger partial charge in [-0.1, -0.05) is 6.92 Å². The predicted octanol–water partition coefficient (Wildman–Crippen LogP) is 5.86. The minimum Gasteiger partial charge on any atom is -0.481 e. The zero-order valence-electron chi connectivity index (χ0n) is 28.3. The van der Waals surface area contributed by atoms with Crippen molar-refractivity contribution in [2.45, 2.75) is 51.1 Å². The van der Waals surface area contributed by atoms with E-state index in [0.717, 1.165) is 37.1 Å². The number of likely N-dealkylation sites (tertiary alicyclic amines) is 2. The number of aromatic nitrogens is 4. The van der Waals surface area contributed by atoms with Crippen molar-refractivity contribution in [3.63, 3.8) is 0 Å². The molecular formula is C34H47BrN9O2P. The standard InChI is InChI=1S/C34H47BrN9O2P/c1-7-22-20-28(33(46-4)43(3)30(22)23-10-18-44(19-11-23)24-12-16-42(2)17-13-24)40-34-38-21-25(35)32(41-34)39-27-9-8-26-29(37-15-14-36-26)31(27)47(5,6)45/h8-9,14-15,20-21,23-24,30H,7,10-13,16-19H2,1-6H3,(H2,38,39,40,41). The number of benzene rings is 1. The molecule has 0 saturated carbocycles. The largest absolute Gasteiger partial charge is 0.481 e. The fraction of sp³-hybridized carbons (Fsp3) is 0.529. The average Bonchev–Trinajstić information content (AvgIpc) is 3.06. The minimum absolute atomic E-state index is 0.288. The molecule has 5 heterocycles. The first-order chi connectivity index (χ1) is 22.6. The SMILES string of the molecule is CCC1=CC(Nc2ncc(Br)c(Nc3ccc4nccnc4c3P(C)(C)=O)n2)=C(OC)N(C)C1C1CCN(C2CCN(C)CC2)CC1. The van der Waals surface area contributed by atoms with Crippen LogP contribution in [0.25, 0.3) is 11.0 Å². The molecule has 1 atom stereocenters. The van der Waals surface area contributed by atoms with E-state index in [1.807, 2.05) is 12.1 Å². The molecule has 0 amide bonds. The highest BCUT2D eigenvalue weighted by atomic mass is 79.9. The first-order valence-corrected chi connectivity index (χ1v) is 20.0. The van der Waals surface area contributed by atoms with E-state index >= 15 is 0 Å². The molecule has 0 radical (unpaired) electrons. The van der Waals surface area contributed by atoms with Crippen LogP contribution in [0, 0.1) is 5.92 Å². The van der Waals surface area contributed by atoms with E-state index in [2.05, 4.69) is 83.3 Å².